The van der Waals surface area contributed by atoms with Gasteiger partial charge >= 0.3 is 0 Å². The molecule has 0 saturated heterocycles. The predicted octanol–water partition coefficient (Wildman–Crippen LogP) is 1.58. The summed E-state index contributed by atoms with van der Waals surface area (Å²) in [4.78, 5) is 16.0. The van der Waals surface area contributed by atoms with Gasteiger partial charge in [0.1, 0.15) is 12.7 Å². The molecule has 3 rings (SSSR count). The molecule has 0 unspecified atom stereocenters. The Morgan fingerprint density at radius 2 is 1.85 bits per heavy atom. The molecule has 20 heavy (non-hydrogen) atoms. The average molecular weight is 268 g/mol. The molecule has 2 heterocycles. The fraction of sp³-hybridized carbons (Fsp3) is 0.154. The van der Waals surface area contributed by atoms with E-state index >= 15 is 0 Å². The first-order valence-corrected chi connectivity index (χ1v) is 6.16. The number of aromatic nitrogens is 5. The predicted molar refractivity (Wildman–Crippen MR) is 71.8 cm³/mol. The van der Waals surface area contributed by atoms with E-state index in [1.54, 1.807) is 0 Å². The Balaban J connectivity index is 1.58. The number of nitrogens with zero attached hydrogens (tertiary/aromatic N) is 5. The van der Waals surface area contributed by atoms with Crippen molar-refractivity contribution in [1.29, 1.82) is 0 Å². The Morgan fingerprint density at radius 1 is 1.05 bits per heavy atom. The van der Waals surface area contributed by atoms with Crippen molar-refractivity contribution in [2.24, 2.45) is 0 Å². The highest BCUT2D eigenvalue weighted by Crippen LogP contribution is 2.16. The SMILES string of the molecule is c1ccc(-c2nc(CCNc3ncncn3)no2)cc1. The Bertz CT molecular complexity index is 655. The van der Waals surface area contributed by atoms with Crippen LogP contribution in [0.15, 0.2) is 47.5 Å². The number of hydrogen-bond donors (Lipinski definition) is 1. The standard InChI is InChI=1S/C13H12N6O/c1-2-4-10(5-3-1)12-18-11(19-20-12)6-7-15-13-16-8-14-9-17-13/h1-5,8-9H,6-7H2,(H,14,15,16,17). The first-order valence-electron chi connectivity index (χ1n) is 6.16. The molecular formula is C13H12N6O. The fourth-order valence-corrected chi connectivity index (χ4v) is 1.67. The third-order valence-corrected chi connectivity index (χ3v) is 2.61. The molecule has 7 heteroatoms. The van der Waals surface area contributed by atoms with Gasteiger partial charge in [-0.15, -0.1) is 0 Å². The van der Waals surface area contributed by atoms with Crippen LogP contribution in [0.25, 0.3) is 11.5 Å². The first-order chi connectivity index (χ1) is 9.92. The summed E-state index contributed by atoms with van der Waals surface area (Å²) in [7, 11) is 0. The minimum absolute atomic E-state index is 0.528. The summed E-state index contributed by atoms with van der Waals surface area (Å²) in [5.41, 5.74) is 0.914. The molecule has 0 bridgehead atoms. The molecule has 0 aliphatic carbocycles. The van der Waals surface area contributed by atoms with Gasteiger partial charge < -0.3 is 9.84 Å². The maximum absolute atomic E-state index is 5.22. The third kappa shape index (κ3) is 2.94. The highest BCUT2D eigenvalue weighted by Gasteiger charge is 2.07. The zero-order chi connectivity index (χ0) is 13.6. The van der Waals surface area contributed by atoms with Crippen LogP contribution in [0.2, 0.25) is 0 Å². The van der Waals surface area contributed by atoms with Gasteiger partial charge in [-0.1, -0.05) is 23.4 Å². The molecule has 0 fully saturated rings. The lowest BCUT2D eigenvalue weighted by Crippen LogP contribution is -2.08. The Kier molecular flexibility index (Phi) is 3.59. The van der Waals surface area contributed by atoms with Crippen molar-refractivity contribution < 1.29 is 4.52 Å². The van der Waals surface area contributed by atoms with E-state index in [4.69, 9.17) is 4.52 Å². The second-order valence-electron chi connectivity index (χ2n) is 4.02. The molecule has 7 nitrogen and oxygen atoms in total. The summed E-state index contributed by atoms with van der Waals surface area (Å²) in [6, 6.07) is 9.67. The minimum Gasteiger partial charge on any atom is -0.354 e. The maximum atomic E-state index is 5.22. The molecular weight excluding hydrogens is 256 g/mol. The van der Waals surface area contributed by atoms with Gasteiger partial charge in [0, 0.05) is 18.5 Å². The largest absolute Gasteiger partial charge is 0.354 e. The zero-order valence-electron chi connectivity index (χ0n) is 10.6. The van der Waals surface area contributed by atoms with E-state index in [-0.39, 0.29) is 0 Å². The van der Waals surface area contributed by atoms with E-state index in [1.807, 2.05) is 30.3 Å². The number of hydrogen-bond acceptors (Lipinski definition) is 7. The van der Waals surface area contributed by atoms with Crippen LogP contribution < -0.4 is 5.32 Å². The third-order valence-electron chi connectivity index (χ3n) is 2.61. The highest BCUT2D eigenvalue weighted by molar-refractivity contribution is 5.51. The van der Waals surface area contributed by atoms with Gasteiger partial charge in [-0.3, -0.25) is 0 Å². The Labute approximate surface area is 115 Å². The number of nitrogens with one attached hydrogen (secondary N) is 1. The van der Waals surface area contributed by atoms with E-state index in [9.17, 15) is 0 Å². The average Bonchev–Trinajstić information content (AvgIpc) is 2.98. The molecule has 0 saturated carbocycles. The van der Waals surface area contributed by atoms with E-state index in [1.165, 1.54) is 12.7 Å². The number of anilines is 1. The topological polar surface area (TPSA) is 89.6 Å². The lowest BCUT2D eigenvalue weighted by Gasteiger charge is -2.00. The molecule has 100 valence electrons. The van der Waals surface area contributed by atoms with Crippen molar-refractivity contribution in [3.8, 4) is 11.5 Å². The van der Waals surface area contributed by atoms with Crippen molar-refractivity contribution in [3.05, 3.63) is 48.8 Å². The number of rotatable bonds is 5. The van der Waals surface area contributed by atoms with Gasteiger partial charge in [0.05, 0.1) is 0 Å². The van der Waals surface area contributed by atoms with Crippen LogP contribution in [0.4, 0.5) is 5.95 Å². The van der Waals surface area contributed by atoms with E-state index in [2.05, 4.69) is 30.4 Å². The smallest absolute Gasteiger partial charge is 0.257 e. The summed E-state index contributed by atoms with van der Waals surface area (Å²) >= 11 is 0. The van der Waals surface area contributed by atoms with Crippen molar-refractivity contribution >= 4 is 5.95 Å². The lowest BCUT2D eigenvalue weighted by molar-refractivity contribution is 0.423. The van der Waals surface area contributed by atoms with Crippen LogP contribution in [0, 0.1) is 0 Å². The lowest BCUT2D eigenvalue weighted by atomic mass is 10.2. The van der Waals surface area contributed by atoms with Crippen LogP contribution >= 0.6 is 0 Å². The summed E-state index contributed by atoms with van der Waals surface area (Å²) in [6.07, 6.45) is 3.51. The van der Waals surface area contributed by atoms with Crippen LogP contribution in [0.1, 0.15) is 5.82 Å². The van der Waals surface area contributed by atoms with Gasteiger partial charge in [-0.25, -0.2) is 15.0 Å². The van der Waals surface area contributed by atoms with Crippen LogP contribution in [-0.4, -0.2) is 31.6 Å². The van der Waals surface area contributed by atoms with E-state index in [0.717, 1.165) is 5.56 Å². The minimum atomic E-state index is 0.528. The second kappa shape index (κ2) is 5.87. The van der Waals surface area contributed by atoms with Crippen molar-refractivity contribution in [2.75, 3.05) is 11.9 Å². The highest BCUT2D eigenvalue weighted by atomic mass is 16.5. The van der Waals surface area contributed by atoms with Crippen LogP contribution in [-0.2, 0) is 6.42 Å². The van der Waals surface area contributed by atoms with Gasteiger partial charge in [-0.05, 0) is 12.1 Å². The molecule has 0 radical (unpaired) electrons. The first kappa shape index (κ1) is 12.2. The van der Waals surface area contributed by atoms with Crippen molar-refractivity contribution in [3.63, 3.8) is 0 Å². The normalized spacial score (nSPS) is 10.4. The fourth-order valence-electron chi connectivity index (χ4n) is 1.67. The summed E-state index contributed by atoms with van der Waals surface area (Å²) < 4.78 is 5.22. The number of benzene rings is 1. The van der Waals surface area contributed by atoms with Crippen LogP contribution in [0.3, 0.4) is 0 Å². The van der Waals surface area contributed by atoms with E-state index < -0.39 is 0 Å². The summed E-state index contributed by atoms with van der Waals surface area (Å²) in [5, 5.41) is 7.00. The molecule has 0 spiro atoms. The Morgan fingerprint density at radius 3 is 2.65 bits per heavy atom. The molecule has 2 aromatic heterocycles. The molecule has 0 aliphatic rings. The molecule has 0 aliphatic heterocycles. The zero-order valence-corrected chi connectivity index (χ0v) is 10.6. The Hall–Kier alpha value is -2.83. The van der Waals surface area contributed by atoms with Gasteiger partial charge in [0.25, 0.3) is 5.89 Å². The second-order valence-corrected chi connectivity index (χ2v) is 4.02. The van der Waals surface area contributed by atoms with Crippen molar-refractivity contribution in [1.82, 2.24) is 25.1 Å². The summed E-state index contributed by atoms with van der Waals surface area (Å²) in [6.45, 7) is 0.623. The maximum Gasteiger partial charge on any atom is 0.257 e. The van der Waals surface area contributed by atoms with Crippen LogP contribution in [0.5, 0.6) is 0 Å². The van der Waals surface area contributed by atoms with Crippen molar-refractivity contribution in [2.45, 2.75) is 6.42 Å². The molecule has 1 aromatic carbocycles. The molecule has 1 N–H and O–H groups in total. The van der Waals surface area contributed by atoms with Gasteiger partial charge in [-0.2, -0.15) is 4.98 Å². The van der Waals surface area contributed by atoms with Gasteiger partial charge in [0.15, 0.2) is 5.82 Å². The van der Waals surface area contributed by atoms with Gasteiger partial charge in [0.2, 0.25) is 5.95 Å². The summed E-state index contributed by atoms with van der Waals surface area (Å²) in [5.74, 6) is 1.71. The molecule has 0 atom stereocenters. The quantitative estimate of drug-likeness (QED) is 0.751. The molecule has 3 aromatic rings. The molecule has 0 amide bonds. The van der Waals surface area contributed by atoms with E-state index in [0.29, 0.717) is 30.6 Å². The monoisotopic (exact) mass is 268 g/mol.